The van der Waals surface area contributed by atoms with Gasteiger partial charge in [0.2, 0.25) is 0 Å². The van der Waals surface area contributed by atoms with Gasteiger partial charge >= 0.3 is 0 Å². The van der Waals surface area contributed by atoms with Crippen molar-refractivity contribution in [2.24, 2.45) is 0 Å². The Labute approximate surface area is 106 Å². The molecule has 0 amide bonds. The van der Waals surface area contributed by atoms with E-state index in [0.717, 1.165) is 29.7 Å². The summed E-state index contributed by atoms with van der Waals surface area (Å²) in [6, 6.07) is 7.81. The van der Waals surface area contributed by atoms with E-state index in [1.54, 1.807) is 18.3 Å². The molecule has 0 aliphatic carbocycles. The van der Waals surface area contributed by atoms with Gasteiger partial charge in [-0.2, -0.15) is 0 Å². The van der Waals surface area contributed by atoms with E-state index in [9.17, 15) is 5.11 Å². The molecular weight excluding hydrogens is 226 g/mol. The molecule has 1 aromatic carbocycles. The average Bonchev–Trinajstić information content (AvgIpc) is 2.89. The van der Waals surface area contributed by atoms with Crippen LogP contribution in [-0.4, -0.2) is 29.2 Å². The summed E-state index contributed by atoms with van der Waals surface area (Å²) >= 11 is 0. The maximum atomic E-state index is 9.47. The summed E-state index contributed by atoms with van der Waals surface area (Å²) in [4.78, 5) is 4.38. The molecule has 1 aromatic heterocycles. The van der Waals surface area contributed by atoms with Crippen molar-refractivity contribution in [3.8, 4) is 5.75 Å². The standard InChI is InChI=1S/C14H17N3O/c18-12-3-4-13-10(8-12)5-7-16-14(13)17-9-11-2-1-6-15-11/h3-5,7-8,11,15,18H,1-2,6,9H2,(H,16,17). The van der Waals surface area contributed by atoms with Crippen LogP contribution in [0, 0.1) is 0 Å². The number of hydrogen-bond acceptors (Lipinski definition) is 4. The Bertz CT molecular complexity index is 550. The number of anilines is 1. The Hall–Kier alpha value is -1.81. The van der Waals surface area contributed by atoms with E-state index in [4.69, 9.17) is 0 Å². The van der Waals surface area contributed by atoms with Crippen LogP contribution in [0.4, 0.5) is 5.82 Å². The number of rotatable bonds is 3. The zero-order chi connectivity index (χ0) is 12.4. The van der Waals surface area contributed by atoms with E-state index in [0.29, 0.717) is 6.04 Å². The Balaban J connectivity index is 1.82. The lowest BCUT2D eigenvalue weighted by Gasteiger charge is -2.13. The minimum Gasteiger partial charge on any atom is -0.508 e. The number of aromatic hydroxyl groups is 1. The molecule has 2 heterocycles. The van der Waals surface area contributed by atoms with Crippen LogP contribution in [0.15, 0.2) is 30.5 Å². The van der Waals surface area contributed by atoms with Gasteiger partial charge in [-0.15, -0.1) is 0 Å². The SMILES string of the molecule is Oc1ccc2c(NCC3CCCN3)nccc2c1. The number of aromatic nitrogens is 1. The second kappa shape index (κ2) is 4.82. The van der Waals surface area contributed by atoms with E-state index in [2.05, 4.69) is 15.6 Å². The number of pyridine rings is 1. The maximum absolute atomic E-state index is 9.47. The van der Waals surface area contributed by atoms with Gasteiger partial charge in [0.25, 0.3) is 0 Å². The highest BCUT2D eigenvalue weighted by Gasteiger charge is 2.14. The van der Waals surface area contributed by atoms with Gasteiger partial charge in [0, 0.05) is 24.2 Å². The molecular formula is C14H17N3O. The van der Waals surface area contributed by atoms with E-state index in [1.165, 1.54) is 12.8 Å². The van der Waals surface area contributed by atoms with Crippen LogP contribution in [0.3, 0.4) is 0 Å². The summed E-state index contributed by atoms with van der Waals surface area (Å²) in [5.41, 5.74) is 0. The molecule has 4 heteroatoms. The fourth-order valence-corrected chi connectivity index (χ4v) is 2.46. The van der Waals surface area contributed by atoms with Crippen LogP contribution in [0.25, 0.3) is 10.8 Å². The highest BCUT2D eigenvalue weighted by molar-refractivity contribution is 5.92. The fraction of sp³-hybridized carbons (Fsp3) is 0.357. The molecule has 1 unspecified atom stereocenters. The van der Waals surface area contributed by atoms with Crippen LogP contribution >= 0.6 is 0 Å². The summed E-state index contributed by atoms with van der Waals surface area (Å²) in [6.07, 6.45) is 4.24. The van der Waals surface area contributed by atoms with Crippen molar-refractivity contribution in [3.63, 3.8) is 0 Å². The molecule has 18 heavy (non-hydrogen) atoms. The van der Waals surface area contributed by atoms with E-state index < -0.39 is 0 Å². The van der Waals surface area contributed by atoms with Gasteiger partial charge in [-0.1, -0.05) is 0 Å². The van der Waals surface area contributed by atoms with Gasteiger partial charge < -0.3 is 15.7 Å². The number of nitrogens with one attached hydrogen (secondary N) is 2. The predicted octanol–water partition coefficient (Wildman–Crippen LogP) is 2.10. The van der Waals surface area contributed by atoms with Crippen molar-refractivity contribution in [2.75, 3.05) is 18.4 Å². The lowest BCUT2D eigenvalue weighted by Crippen LogP contribution is -2.29. The molecule has 2 aromatic rings. The molecule has 0 bridgehead atoms. The van der Waals surface area contributed by atoms with Gasteiger partial charge in [-0.3, -0.25) is 0 Å². The first-order valence-electron chi connectivity index (χ1n) is 6.38. The van der Waals surface area contributed by atoms with Crippen molar-refractivity contribution in [1.29, 1.82) is 0 Å². The number of fused-ring (bicyclic) bond motifs is 1. The number of hydrogen-bond donors (Lipinski definition) is 3. The molecule has 94 valence electrons. The fourth-order valence-electron chi connectivity index (χ4n) is 2.46. The molecule has 1 saturated heterocycles. The molecule has 1 atom stereocenters. The number of phenolic OH excluding ortho intramolecular Hbond substituents is 1. The second-order valence-corrected chi connectivity index (χ2v) is 4.74. The van der Waals surface area contributed by atoms with E-state index in [1.807, 2.05) is 12.1 Å². The maximum Gasteiger partial charge on any atom is 0.133 e. The highest BCUT2D eigenvalue weighted by Crippen LogP contribution is 2.24. The molecule has 3 rings (SSSR count). The van der Waals surface area contributed by atoms with Gasteiger partial charge in [0.15, 0.2) is 0 Å². The number of phenols is 1. The summed E-state index contributed by atoms with van der Waals surface area (Å²) < 4.78 is 0. The van der Waals surface area contributed by atoms with Gasteiger partial charge in [-0.05, 0) is 49.0 Å². The molecule has 3 N–H and O–H groups in total. The monoisotopic (exact) mass is 243 g/mol. The molecule has 4 nitrogen and oxygen atoms in total. The molecule has 1 fully saturated rings. The first kappa shape index (κ1) is 11.3. The highest BCUT2D eigenvalue weighted by atomic mass is 16.3. The molecule has 1 aliphatic rings. The van der Waals surface area contributed by atoms with Crippen molar-refractivity contribution in [3.05, 3.63) is 30.5 Å². The number of nitrogens with zero attached hydrogens (tertiary/aromatic N) is 1. The predicted molar refractivity (Wildman–Crippen MR) is 72.9 cm³/mol. The van der Waals surface area contributed by atoms with E-state index in [-0.39, 0.29) is 5.75 Å². The topological polar surface area (TPSA) is 57.2 Å². The summed E-state index contributed by atoms with van der Waals surface area (Å²) in [6.45, 7) is 2.01. The van der Waals surface area contributed by atoms with Gasteiger partial charge in [0.1, 0.15) is 11.6 Å². The molecule has 0 spiro atoms. The Morgan fingerprint density at radius 3 is 3.17 bits per heavy atom. The van der Waals surface area contributed by atoms with Crippen LogP contribution in [0.5, 0.6) is 5.75 Å². The summed E-state index contributed by atoms with van der Waals surface area (Å²) in [7, 11) is 0. The number of benzene rings is 1. The van der Waals surface area contributed by atoms with Crippen molar-refractivity contribution < 1.29 is 5.11 Å². The van der Waals surface area contributed by atoms with Crippen LogP contribution in [0.1, 0.15) is 12.8 Å². The Morgan fingerprint density at radius 2 is 2.33 bits per heavy atom. The molecule has 1 aliphatic heterocycles. The van der Waals surface area contributed by atoms with Gasteiger partial charge in [0.05, 0.1) is 0 Å². The van der Waals surface area contributed by atoms with Crippen LogP contribution in [0.2, 0.25) is 0 Å². The first-order chi connectivity index (χ1) is 8.83. The lowest BCUT2D eigenvalue weighted by atomic mass is 10.1. The average molecular weight is 243 g/mol. The zero-order valence-electron chi connectivity index (χ0n) is 10.2. The molecule has 0 radical (unpaired) electrons. The minimum atomic E-state index is 0.289. The van der Waals surface area contributed by atoms with Crippen LogP contribution < -0.4 is 10.6 Å². The smallest absolute Gasteiger partial charge is 0.133 e. The Morgan fingerprint density at radius 1 is 1.39 bits per heavy atom. The first-order valence-corrected chi connectivity index (χ1v) is 6.38. The second-order valence-electron chi connectivity index (χ2n) is 4.74. The largest absolute Gasteiger partial charge is 0.508 e. The van der Waals surface area contributed by atoms with Crippen LogP contribution in [-0.2, 0) is 0 Å². The van der Waals surface area contributed by atoms with Crippen molar-refractivity contribution >= 4 is 16.6 Å². The van der Waals surface area contributed by atoms with Crippen molar-refractivity contribution in [2.45, 2.75) is 18.9 Å². The molecule has 0 saturated carbocycles. The lowest BCUT2D eigenvalue weighted by molar-refractivity contribution is 0.476. The summed E-state index contributed by atoms with van der Waals surface area (Å²) in [5.74, 6) is 1.18. The third kappa shape index (κ3) is 2.24. The van der Waals surface area contributed by atoms with Crippen molar-refractivity contribution in [1.82, 2.24) is 10.3 Å². The van der Waals surface area contributed by atoms with Gasteiger partial charge in [-0.25, -0.2) is 4.98 Å². The quantitative estimate of drug-likeness (QED) is 0.772. The minimum absolute atomic E-state index is 0.289. The zero-order valence-corrected chi connectivity index (χ0v) is 10.2. The Kier molecular flexibility index (Phi) is 3.02. The third-order valence-electron chi connectivity index (χ3n) is 3.43. The summed E-state index contributed by atoms with van der Waals surface area (Å²) in [5, 5.41) is 18.4. The van der Waals surface area contributed by atoms with E-state index >= 15 is 0 Å². The third-order valence-corrected chi connectivity index (χ3v) is 3.43. The normalized spacial score (nSPS) is 19.2.